The number of ether oxygens (including phenoxy) is 3. The summed E-state index contributed by atoms with van der Waals surface area (Å²) in [6, 6.07) is 3.24. The number of phenolic OH excluding ortho intramolecular Hbond substituents is 1. The van der Waals surface area contributed by atoms with Crippen molar-refractivity contribution in [1.82, 2.24) is 5.32 Å². The van der Waals surface area contributed by atoms with Crippen molar-refractivity contribution in [3.63, 3.8) is 0 Å². The van der Waals surface area contributed by atoms with Gasteiger partial charge in [-0.05, 0) is 56.2 Å². The molecular formula is C26H32ClNO6. The summed E-state index contributed by atoms with van der Waals surface area (Å²) in [6.07, 6.45) is 2.72. The van der Waals surface area contributed by atoms with Gasteiger partial charge in [0.2, 0.25) is 0 Å². The van der Waals surface area contributed by atoms with E-state index in [1.54, 1.807) is 19.1 Å². The number of allylic oxidation sites excluding steroid dienone is 3. The zero-order valence-electron chi connectivity index (χ0n) is 20.1. The van der Waals surface area contributed by atoms with Crippen LogP contribution in [0.4, 0.5) is 0 Å². The van der Waals surface area contributed by atoms with Gasteiger partial charge in [-0.25, -0.2) is 4.79 Å². The molecule has 184 valence electrons. The molecule has 1 aromatic rings. The van der Waals surface area contributed by atoms with Gasteiger partial charge in [0.15, 0.2) is 17.3 Å². The van der Waals surface area contributed by atoms with Crippen LogP contribution in [0.15, 0.2) is 34.7 Å². The lowest BCUT2D eigenvalue weighted by Gasteiger charge is -2.39. The molecule has 0 saturated carbocycles. The van der Waals surface area contributed by atoms with E-state index in [1.807, 2.05) is 6.92 Å². The van der Waals surface area contributed by atoms with Crippen LogP contribution in [0.1, 0.15) is 64.9 Å². The van der Waals surface area contributed by atoms with Crippen LogP contribution in [-0.2, 0) is 19.1 Å². The van der Waals surface area contributed by atoms with E-state index < -0.39 is 11.9 Å². The number of halogens is 1. The van der Waals surface area contributed by atoms with E-state index in [4.69, 9.17) is 25.8 Å². The Morgan fingerprint density at radius 2 is 2.09 bits per heavy atom. The second-order valence-electron chi connectivity index (χ2n) is 9.95. The molecule has 1 aliphatic carbocycles. The first-order chi connectivity index (χ1) is 16.1. The summed E-state index contributed by atoms with van der Waals surface area (Å²) in [4.78, 5) is 26.8. The van der Waals surface area contributed by atoms with Crippen molar-refractivity contribution in [2.75, 3.05) is 19.8 Å². The van der Waals surface area contributed by atoms with Crippen molar-refractivity contribution in [2.24, 2.45) is 5.41 Å². The Kier molecular flexibility index (Phi) is 6.97. The number of rotatable bonds is 6. The van der Waals surface area contributed by atoms with Crippen molar-refractivity contribution in [3.05, 3.63) is 45.3 Å². The summed E-state index contributed by atoms with van der Waals surface area (Å²) in [5.74, 6) is -1.18. The van der Waals surface area contributed by atoms with Gasteiger partial charge in [-0.15, -0.1) is 0 Å². The predicted molar refractivity (Wildman–Crippen MR) is 128 cm³/mol. The number of Topliss-reactive ketones (excluding diaryl/α,β-unsaturated/α-hetero) is 1. The molecule has 2 heterocycles. The molecule has 1 saturated heterocycles. The molecule has 2 aliphatic heterocycles. The first kappa shape index (κ1) is 24.6. The minimum atomic E-state index is -0.686. The number of ketones is 1. The number of nitrogens with one attached hydrogen (secondary N) is 1. The molecule has 34 heavy (non-hydrogen) atoms. The zero-order chi connectivity index (χ0) is 24.6. The number of hydrogen-bond acceptors (Lipinski definition) is 7. The highest BCUT2D eigenvalue weighted by molar-refractivity contribution is 6.32. The summed E-state index contributed by atoms with van der Waals surface area (Å²) in [7, 11) is 0. The summed E-state index contributed by atoms with van der Waals surface area (Å²) in [5.41, 5.74) is 2.73. The largest absolute Gasteiger partial charge is 0.503 e. The molecule has 3 aliphatic rings. The number of carbonyl (C=O) groups excluding carboxylic acids is 2. The van der Waals surface area contributed by atoms with Crippen LogP contribution in [0.3, 0.4) is 0 Å². The Balaban J connectivity index is 1.79. The molecule has 7 nitrogen and oxygen atoms in total. The van der Waals surface area contributed by atoms with Gasteiger partial charge in [-0.3, -0.25) is 4.79 Å². The number of carbonyl (C=O) groups is 2. The third-order valence-corrected chi connectivity index (χ3v) is 6.86. The number of dihydropyridines is 1. The standard InChI is InChI=1S/C26H32ClNO6/c1-5-32-20-10-15(9-17(27)24(20)30)22-21(25(31)34-13-16-7-6-8-33-16)14(2)28-18-11-26(3,4)12-19(29)23(18)22/h9-10,16,22,28,30H,5-8,11-13H2,1-4H3/t16-,22-/m1/s1. The van der Waals surface area contributed by atoms with Crippen molar-refractivity contribution in [3.8, 4) is 11.5 Å². The van der Waals surface area contributed by atoms with E-state index in [-0.39, 0.29) is 40.4 Å². The fourth-order valence-corrected chi connectivity index (χ4v) is 5.31. The van der Waals surface area contributed by atoms with Crippen LogP contribution in [0, 0.1) is 5.41 Å². The number of benzene rings is 1. The average molecular weight is 490 g/mol. The minimum absolute atomic E-state index is 0.0252. The molecule has 0 radical (unpaired) electrons. The van der Waals surface area contributed by atoms with Gasteiger partial charge in [0, 0.05) is 35.9 Å². The Morgan fingerprint density at radius 1 is 1.32 bits per heavy atom. The Morgan fingerprint density at radius 3 is 2.76 bits per heavy atom. The van der Waals surface area contributed by atoms with Crippen LogP contribution in [-0.4, -0.2) is 42.8 Å². The topological polar surface area (TPSA) is 94.1 Å². The molecule has 2 N–H and O–H groups in total. The predicted octanol–water partition coefficient (Wildman–Crippen LogP) is 4.77. The zero-order valence-corrected chi connectivity index (χ0v) is 20.9. The summed E-state index contributed by atoms with van der Waals surface area (Å²) in [6.45, 7) is 8.89. The third kappa shape index (κ3) is 4.82. The SMILES string of the molecule is CCOc1cc([C@@H]2C(C(=O)OC[C@H]3CCCO3)=C(C)NC3=C2C(=O)CC(C)(C)C3)cc(Cl)c1O. The van der Waals surface area contributed by atoms with Gasteiger partial charge in [-0.2, -0.15) is 0 Å². The maximum atomic E-state index is 13.4. The molecule has 0 bridgehead atoms. The van der Waals surface area contributed by atoms with Crippen LogP contribution >= 0.6 is 11.6 Å². The third-order valence-electron chi connectivity index (χ3n) is 6.57. The summed E-state index contributed by atoms with van der Waals surface area (Å²) < 4.78 is 16.8. The van der Waals surface area contributed by atoms with Crippen molar-refractivity contribution >= 4 is 23.4 Å². The number of hydrogen-bond donors (Lipinski definition) is 2. The molecular weight excluding hydrogens is 458 g/mol. The van der Waals surface area contributed by atoms with Gasteiger partial charge in [-0.1, -0.05) is 25.4 Å². The second-order valence-corrected chi connectivity index (χ2v) is 10.4. The lowest BCUT2D eigenvalue weighted by Crippen LogP contribution is -2.39. The highest BCUT2D eigenvalue weighted by atomic mass is 35.5. The van der Waals surface area contributed by atoms with E-state index in [0.717, 1.165) is 18.5 Å². The van der Waals surface area contributed by atoms with Crippen LogP contribution in [0.5, 0.6) is 11.5 Å². The lowest BCUT2D eigenvalue weighted by molar-refractivity contribution is -0.142. The Labute approximate surface area is 205 Å². The molecule has 0 spiro atoms. The summed E-state index contributed by atoms with van der Waals surface area (Å²) in [5, 5.41) is 13.8. The van der Waals surface area contributed by atoms with Gasteiger partial charge in [0.1, 0.15) is 6.61 Å². The highest BCUT2D eigenvalue weighted by Crippen LogP contribution is 2.49. The van der Waals surface area contributed by atoms with Gasteiger partial charge in [0.05, 0.1) is 23.3 Å². The second kappa shape index (κ2) is 9.62. The molecule has 0 amide bonds. The van der Waals surface area contributed by atoms with E-state index in [0.29, 0.717) is 48.5 Å². The lowest BCUT2D eigenvalue weighted by atomic mass is 9.68. The molecule has 0 unspecified atom stereocenters. The molecule has 1 fully saturated rings. The van der Waals surface area contributed by atoms with Crippen LogP contribution in [0.25, 0.3) is 0 Å². The molecule has 1 aromatic carbocycles. The smallest absolute Gasteiger partial charge is 0.336 e. The summed E-state index contributed by atoms with van der Waals surface area (Å²) >= 11 is 6.35. The fraction of sp³-hybridized carbons (Fsp3) is 0.538. The Hall–Kier alpha value is -2.51. The van der Waals surface area contributed by atoms with Gasteiger partial charge in [0.25, 0.3) is 0 Å². The van der Waals surface area contributed by atoms with Gasteiger partial charge < -0.3 is 24.6 Å². The first-order valence-electron chi connectivity index (χ1n) is 11.8. The van der Waals surface area contributed by atoms with E-state index in [1.165, 1.54) is 0 Å². The molecule has 8 heteroatoms. The normalized spacial score (nSPS) is 24.1. The number of esters is 1. The van der Waals surface area contributed by atoms with E-state index in [9.17, 15) is 14.7 Å². The van der Waals surface area contributed by atoms with Gasteiger partial charge >= 0.3 is 5.97 Å². The fourth-order valence-electron chi connectivity index (χ4n) is 5.09. The Bertz CT molecular complexity index is 1070. The first-order valence-corrected chi connectivity index (χ1v) is 12.2. The molecule has 2 atom stereocenters. The molecule has 0 aromatic heterocycles. The molecule has 4 rings (SSSR count). The number of aromatic hydroxyl groups is 1. The van der Waals surface area contributed by atoms with Crippen molar-refractivity contribution in [2.45, 2.75) is 65.4 Å². The highest BCUT2D eigenvalue weighted by Gasteiger charge is 2.43. The van der Waals surface area contributed by atoms with E-state index in [2.05, 4.69) is 19.2 Å². The van der Waals surface area contributed by atoms with Crippen molar-refractivity contribution in [1.29, 1.82) is 0 Å². The van der Waals surface area contributed by atoms with Crippen LogP contribution in [0.2, 0.25) is 5.02 Å². The maximum absolute atomic E-state index is 13.4. The van der Waals surface area contributed by atoms with Crippen LogP contribution < -0.4 is 10.1 Å². The minimum Gasteiger partial charge on any atom is -0.503 e. The van der Waals surface area contributed by atoms with Crippen molar-refractivity contribution < 1.29 is 28.9 Å². The van der Waals surface area contributed by atoms with E-state index >= 15 is 0 Å². The maximum Gasteiger partial charge on any atom is 0.336 e. The quantitative estimate of drug-likeness (QED) is 0.556. The number of phenols is 1. The monoisotopic (exact) mass is 489 g/mol. The average Bonchev–Trinajstić information content (AvgIpc) is 3.27.